The summed E-state index contributed by atoms with van der Waals surface area (Å²) in [7, 11) is 0. The molecule has 1 aliphatic rings. The molecule has 0 aliphatic carbocycles. The van der Waals surface area contributed by atoms with Crippen LogP contribution in [0, 0.1) is 0 Å². The van der Waals surface area contributed by atoms with E-state index in [1.165, 1.54) is 0 Å². The van der Waals surface area contributed by atoms with Crippen molar-refractivity contribution in [2.45, 2.75) is 57.7 Å². The number of hydrogen-bond donors (Lipinski definition) is 2. The molecule has 0 bridgehead atoms. The zero-order chi connectivity index (χ0) is 11.1. The van der Waals surface area contributed by atoms with Crippen LogP contribution in [0.1, 0.15) is 46.0 Å². The monoisotopic (exact) mass is 215 g/mol. The average Bonchev–Trinajstić information content (AvgIpc) is 2.18. The number of rotatable bonds is 6. The summed E-state index contributed by atoms with van der Waals surface area (Å²) in [4.78, 5) is 0. The smallest absolute Gasteiger partial charge is 0.0818 e. The highest BCUT2D eigenvalue weighted by molar-refractivity contribution is 4.87. The maximum atomic E-state index is 10.4. The molecule has 2 atom stereocenters. The SMILES string of the molecule is CCCNCC1(O)CCOC(CCC)C1. The average molecular weight is 215 g/mol. The lowest BCUT2D eigenvalue weighted by Crippen LogP contribution is -2.48. The second-order valence-corrected chi connectivity index (χ2v) is 4.64. The summed E-state index contributed by atoms with van der Waals surface area (Å²) in [5.74, 6) is 0. The van der Waals surface area contributed by atoms with Gasteiger partial charge in [0.1, 0.15) is 0 Å². The molecule has 0 aromatic carbocycles. The maximum Gasteiger partial charge on any atom is 0.0818 e. The Bertz CT molecular complexity index is 173. The van der Waals surface area contributed by atoms with Crippen molar-refractivity contribution in [2.24, 2.45) is 0 Å². The first-order chi connectivity index (χ1) is 7.20. The Morgan fingerprint density at radius 3 is 2.87 bits per heavy atom. The van der Waals surface area contributed by atoms with E-state index in [9.17, 15) is 5.11 Å². The number of ether oxygens (including phenoxy) is 1. The van der Waals surface area contributed by atoms with Gasteiger partial charge in [0.15, 0.2) is 0 Å². The molecule has 2 unspecified atom stereocenters. The molecule has 3 nitrogen and oxygen atoms in total. The summed E-state index contributed by atoms with van der Waals surface area (Å²) in [6, 6.07) is 0. The first kappa shape index (κ1) is 12.9. The molecule has 0 spiro atoms. The van der Waals surface area contributed by atoms with E-state index in [1.54, 1.807) is 0 Å². The molecule has 1 saturated heterocycles. The quantitative estimate of drug-likeness (QED) is 0.663. The predicted molar refractivity (Wildman–Crippen MR) is 62.0 cm³/mol. The minimum atomic E-state index is -0.534. The minimum Gasteiger partial charge on any atom is -0.388 e. The second-order valence-electron chi connectivity index (χ2n) is 4.64. The van der Waals surface area contributed by atoms with E-state index in [0.29, 0.717) is 13.2 Å². The third-order valence-corrected chi connectivity index (χ3v) is 3.02. The molecule has 1 fully saturated rings. The summed E-state index contributed by atoms with van der Waals surface area (Å²) in [5, 5.41) is 13.7. The molecular formula is C12H25NO2. The van der Waals surface area contributed by atoms with Crippen LogP contribution in [-0.4, -0.2) is 36.5 Å². The van der Waals surface area contributed by atoms with E-state index in [0.717, 1.165) is 38.6 Å². The van der Waals surface area contributed by atoms with Gasteiger partial charge in [0.25, 0.3) is 0 Å². The van der Waals surface area contributed by atoms with Gasteiger partial charge >= 0.3 is 0 Å². The van der Waals surface area contributed by atoms with Gasteiger partial charge in [0.05, 0.1) is 11.7 Å². The van der Waals surface area contributed by atoms with E-state index in [2.05, 4.69) is 19.2 Å². The van der Waals surface area contributed by atoms with Gasteiger partial charge in [-0.2, -0.15) is 0 Å². The molecule has 0 aromatic heterocycles. The van der Waals surface area contributed by atoms with E-state index in [4.69, 9.17) is 4.74 Å². The fourth-order valence-electron chi connectivity index (χ4n) is 2.17. The van der Waals surface area contributed by atoms with E-state index >= 15 is 0 Å². The third-order valence-electron chi connectivity index (χ3n) is 3.02. The predicted octanol–water partition coefficient (Wildman–Crippen LogP) is 1.70. The van der Waals surface area contributed by atoms with Crippen LogP contribution >= 0.6 is 0 Å². The van der Waals surface area contributed by atoms with Gasteiger partial charge in [-0.3, -0.25) is 0 Å². The molecule has 0 radical (unpaired) electrons. The van der Waals surface area contributed by atoms with Gasteiger partial charge < -0.3 is 15.2 Å². The summed E-state index contributed by atoms with van der Waals surface area (Å²) < 4.78 is 5.63. The van der Waals surface area contributed by atoms with Gasteiger partial charge in [-0.25, -0.2) is 0 Å². The topological polar surface area (TPSA) is 41.5 Å². The highest BCUT2D eigenvalue weighted by Gasteiger charge is 2.34. The molecule has 1 aliphatic heterocycles. The van der Waals surface area contributed by atoms with Crippen molar-refractivity contribution >= 4 is 0 Å². The van der Waals surface area contributed by atoms with Crippen molar-refractivity contribution in [3.8, 4) is 0 Å². The molecule has 90 valence electrons. The Labute approximate surface area is 93.2 Å². The highest BCUT2D eigenvalue weighted by Crippen LogP contribution is 2.26. The Kier molecular flexibility index (Phi) is 5.58. The zero-order valence-electron chi connectivity index (χ0n) is 10.1. The molecule has 1 rings (SSSR count). The van der Waals surface area contributed by atoms with E-state index in [-0.39, 0.29) is 6.10 Å². The van der Waals surface area contributed by atoms with Gasteiger partial charge in [-0.15, -0.1) is 0 Å². The molecule has 0 aromatic rings. The van der Waals surface area contributed by atoms with Gasteiger partial charge in [0, 0.05) is 26.0 Å². The minimum absolute atomic E-state index is 0.261. The van der Waals surface area contributed by atoms with Crippen LogP contribution < -0.4 is 5.32 Å². The van der Waals surface area contributed by atoms with Crippen LogP contribution in [0.15, 0.2) is 0 Å². The van der Waals surface area contributed by atoms with Gasteiger partial charge in [-0.05, 0) is 19.4 Å². The number of aliphatic hydroxyl groups is 1. The van der Waals surface area contributed by atoms with Crippen LogP contribution in [0.5, 0.6) is 0 Å². The second kappa shape index (κ2) is 6.46. The fraction of sp³-hybridized carbons (Fsp3) is 1.00. The van der Waals surface area contributed by atoms with Crippen LogP contribution in [0.4, 0.5) is 0 Å². The lowest BCUT2D eigenvalue weighted by molar-refractivity contribution is -0.103. The molecule has 0 saturated carbocycles. The molecular weight excluding hydrogens is 190 g/mol. The van der Waals surface area contributed by atoms with Crippen molar-refractivity contribution in [3.63, 3.8) is 0 Å². The standard InChI is InChI=1S/C12H25NO2/c1-3-5-11-9-12(14,6-8-15-11)10-13-7-4-2/h11,13-14H,3-10H2,1-2H3. The van der Waals surface area contributed by atoms with E-state index in [1.807, 2.05) is 0 Å². The van der Waals surface area contributed by atoms with E-state index < -0.39 is 5.60 Å². The summed E-state index contributed by atoms with van der Waals surface area (Å²) in [5.41, 5.74) is -0.534. The summed E-state index contributed by atoms with van der Waals surface area (Å²) >= 11 is 0. The summed E-state index contributed by atoms with van der Waals surface area (Å²) in [6.07, 6.45) is 5.13. The van der Waals surface area contributed by atoms with Crippen LogP contribution in [0.25, 0.3) is 0 Å². The lowest BCUT2D eigenvalue weighted by Gasteiger charge is -2.37. The zero-order valence-corrected chi connectivity index (χ0v) is 10.1. The van der Waals surface area contributed by atoms with Crippen molar-refractivity contribution < 1.29 is 9.84 Å². The van der Waals surface area contributed by atoms with Crippen LogP contribution in [-0.2, 0) is 4.74 Å². The number of nitrogens with one attached hydrogen (secondary N) is 1. The first-order valence-corrected chi connectivity index (χ1v) is 6.25. The number of hydrogen-bond acceptors (Lipinski definition) is 3. The van der Waals surface area contributed by atoms with Crippen molar-refractivity contribution in [3.05, 3.63) is 0 Å². The molecule has 2 N–H and O–H groups in total. The van der Waals surface area contributed by atoms with Gasteiger partial charge in [0.2, 0.25) is 0 Å². The van der Waals surface area contributed by atoms with Crippen LogP contribution in [0.2, 0.25) is 0 Å². The largest absolute Gasteiger partial charge is 0.388 e. The van der Waals surface area contributed by atoms with Gasteiger partial charge in [-0.1, -0.05) is 20.3 Å². The van der Waals surface area contributed by atoms with Crippen molar-refractivity contribution in [1.29, 1.82) is 0 Å². The Hall–Kier alpha value is -0.120. The van der Waals surface area contributed by atoms with Crippen molar-refractivity contribution in [1.82, 2.24) is 5.32 Å². The third kappa shape index (κ3) is 4.49. The fourth-order valence-corrected chi connectivity index (χ4v) is 2.17. The molecule has 15 heavy (non-hydrogen) atoms. The Morgan fingerprint density at radius 2 is 2.20 bits per heavy atom. The lowest BCUT2D eigenvalue weighted by atomic mass is 9.88. The molecule has 3 heteroatoms. The highest BCUT2D eigenvalue weighted by atomic mass is 16.5. The maximum absolute atomic E-state index is 10.4. The Morgan fingerprint density at radius 1 is 1.40 bits per heavy atom. The molecule has 1 heterocycles. The summed E-state index contributed by atoms with van der Waals surface area (Å²) in [6.45, 7) is 6.70. The first-order valence-electron chi connectivity index (χ1n) is 6.25. The Balaban J connectivity index is 2.31. The van der Waals surface area contributed by atoms with Crippen molar-refractivity contribution in [2.75, 3.05) is 19.7 Å². The molecule has 0 amide bonds. The normalized spacial score (nSPS) is 31.8. The van der Waals surface area contributed by atoms with Crippen LogP contribution in [0.3, 0.4) is 0 Å².